The zero-order valence-electron chi connectivity index (χ0n) is 10.1. The molecule has 0 aromatic heterocycles. The molecule has 1 aliphatic rings. The van der Waals surface area contributed by atoms with Crippen LogP contribution in [-0.4, -0.2) is 12.3 Å². The summed E-state index contributed by atoms with van der Waals surface area (Å²) in [4.78, 5) is 5.29. The van der Waals surface area contributed by atoms with Crippen LogP contribution in [0.15, 0.2) is 29.4 Å². The summed E-state index contributed by atoms with van der Waals surface area (Å²) in [6.45, 7) is 0. The fourth-order valence-corrected chi connectivity index (χ4v) is 2.11. The number of hydrogen-bond donors (Lipinski definition) is 0. The Morgan fingerprint density at radius 1 is 1.17 bits per heavy atom. The van der Waals surface area contributed by atoms with Crippen molar-refractivity contribution in [3.05, 3.63) is 35.4 Å². The monoisotopic (exact) mass is 252 g/mol. The minimum atomic E-state index is -2.52. The van der Waals surface area contributed by atoms with Crippen LogP contribution in [0.25, 0.3) is 0 Å². The third-order valence-corrected chi connectivity index (χ3v) is 3.12. The van der Waals surface area contributed by atoms with E-state index < -0.39 is 6.43 Å². The maximum atomic E-state index is 12.7. The molecular formula is C14H16F2NO. The van der Waals surface area contributed by atoms with Gasteiger partial charge in [0.15, 0.2) is 0 Å². The average molecular weight is 252 g/mol. The van der Waals surface area contributed by atoms with Gasteiger partial charge in [-0.25, -0.2) is 8.78 Å². The number of hydrogen-bond acceptors (Lipinski definition) is 2. The van der Waals surface area contributed by atoms with Crippen LogP contribution >= 0.6 is 0 Å². The minimum absolute atomic E-state index is 0.0616. The molecule has 0 spiro atoms. The Hall–Kier alpha value is -1.45. The van der Waals surface area contributed by atoms with Crippen LogP contribution in [0.2, 0.25) is 0 Å². The van der Waals surface area contributed by atoms with Crippen molar-refractivity contribution in [2.24, 2.45) is 5.16 Å². The van der Waals surface area contributed by atoms with Crippen molar-refractivity contribution < 1.29 is 13.6 Å². The van der Waals surface area contributed by atoms with Crippen molar-refractivity contribution in [3.8, 4) is 0 Å². The molecule has 1 saturated carbocycles. The van der Waals surface area contributed by atoms with Crippen LogP contribution in [-0.2, 0) is 4.84 Å². The summed E-state index contributed by atoms with van der Waals surface area (Å²) in [6.07, 6.45) is 5.67. The molecule has 1 aromatic rings. The first-order valence-electron chi connectivity index (χ1n) is 6.26. The molecule has 1 aromatic carbocycles. The molecule has 0 N–H and O–H groups in total. The van der Waals surface area contributed by atoms with Gasteiger partial charge in [-0.1, -0.05) is 35.8 Å². The molecule has 0 aliphatic heterocycles. The number of benzene rings is 1. The Bertz CT molecular complexity index is 401. The van der Waals surface area contributed by atoms with Gasteiger partial charge in [-0.3, -0.25) is 0 Å². The lowest BCUT2D eigenvalue weighted by molar-refractivity contribution is 0.0340. The zero-order valence-corrected chi connectivity index (χ0v) is 10.1. The Balaban J connectivity index is 1.95. The van der Waals surface area contributed by atoms with E-state index in [1.807, 2.05) is 0 Å². The fraction of sp³-hybridized carbons (Fsp3) is 0.500. The van der Waals surface area contributed by atoms with E-state index in [9.17, 15) is 8.78 Å². The van der Waals surface area contributed by atoms with Crippen molar-refractivity contribution in [1.29, 1.82) is 0 Å². The molecule has 1 aliphatic carbocycles. The SMILES string of the molecule is FC(F)c1ccccc1/[C]=N/OC1CCCCC1. The van der Waals surface area contributed by atoms with Gasteiger partial charge >= 0.3 is 0 Å². The topological polar surface area (TPSA) is 21.6 Å². The molecule has 2 rings (SSSR count). The number of alkyl halides is 2. The summed E-state index contributed by atoms with van der Waals surface area (Å²) in [6, 6.07) is 6.21. The first-order valence-corrected chi connectivity index (χ1v) is 6.26. The van der Waals surface area contributed by atoms with E-state index in [0.717, 1.165) is 25.7 Å². The summed E-state index contributed by atoms with van der Waals surface area (Å²) in [5.41, 5.74) is 0.233. The average Bonchev–Trinajstić information content (AvgIpc) is 2.40. The number of halogens is 2. The van der Waals surface area contributed by atoms with Crippen molar-refractivity contribution in [3.63, 3.8) is 0 Å². The second kappa shape index (κ2) is 6.47. The minimum Gasteiger partial charge on any atom is -0.392 e. The standard InChI is InChI=1S/C14H16F2NO/c15-14(16)13-9-5-4-6-11(13)10-17-18-12-7-2-1-3-8-12/h4-6,9,12,14H,1-3,7-8H2. The first kappa shape index (κ1) is 13.0. The van der Waals surface area contributed by atoms with Crippen LogP contribution in [0.1, 0.15) is 49.7 Å². The van der Waals surface area contributed by atoms with Crippen LogP contribution in [0.3, 0.4) is 0 Å². The van der Waals surface area contributed by atoms with E-state index in [2.05, 4.69) is 11.4 Å². The lowest BCUT2D eigenvalue weighted by Crippen LogP contribution is -2.13. The first-order chi connectivity index (χ1) is 8.77. The lowest BCUT2D eigenvalue weighted by Gasteiger charge is -2.18. The summed E-state index contributed by atoms with van der Waals surface area (Å²) in [5, 5.41) is 3.72. The van der Waals surface area contributed by atoms with Gasteiger partial charge in [0.05, 0.1) is 0 Å². The molecule has 0 saturated heterocycles. The van der Waals surface area contributed by atoms with Crippen LogP contribution in [0, 0.1) is 0 Å². The van der Waals surface area contributed by atoms with Crippen molar-refractivity contribution in [2.45, 2.75) is 44.6 Å². The van der Waals surface area contributed by atoms with Gasteiger partial charge in [0.25, 0.3) is 6.43 Å². The lowest BCUT2D eigenvalue weighted by atomic mass is 9.98. The number of nitrogens with zero attached hydrogens (tertiary/aromatic N) is 1. The molecule has 1 radical (unpaired) electrons. The Kier molecular flexibility index (Phi) is 4.67. The highest BCUT2D eigenvalue weighted by Crippen LogP contribution is 2.22. The molecule has 0 heterocycles. The highest BCUT2D eigenvalue weighted by Gasteiger charge is 2.14. The fourth-order valence-electron chi connectivity index (χ4n) is 2.11. The Morgan fingerprint density at radius 2 is 1.89 bits per heavy atom. The van der Waals surface area contributed by atoms with Gasteiger partial charge in [-0.05, 0) is 25.7 Å². The second-order valence-corrected chi connectivity index (χ2v) is 4.46. The predicted octanol–water partition coefficient (Wildman–Crippen LogP) is 4.18. The quantitative estimate of drug-likeness (QED) is 0.581. The largest absolute Gasteiger partial charge is 0.392 e. The zero-order chi connectivity index (χ0) is 12.8. The molecule has 97 valence electrons. The molecule has 2 nitrogen and oxygen atoms in total. The van der Waals surface area contributed by atoms with Crippen LogP contribution < -0.4 is 0 Å². The van der Waals surface area contributed by atoms with Crippen molar-refractivity contribution in [2.75, 3.05) is 0 Å². The molecule has 0 amide bonds. The van der Waals surface area contributed by atoms with E-state index in [-0.39, 0.29) is 11.7 Å². The van der Waals surface area contributed by atoms with Crippen molar-refractivity contribution >= 4 is 6.21 Å². The van der Waals surface area contributed by atoms with E-state index in [1.54, 1.807) is 18.2 Å². The maximum Gasteiger partial charge on any atom is 0.264 e. The van der Waals surface area contributed by atoms with E-state index >= 15 is 0 Å². The smallest absolute Gasteiger partial charge is 0.264 e. The van der Waals surface area contributed by atoms with E-state index in [1.165, 1.54) is 12.5 Å². The Labute approximate surface area is 106 Å². The molecule has 0 unspecified atom stereocenters. The molecule has 18 heavy (non-hydrogen) atoms. The van der Waals surface area contributed by atoms with Crippen LogP contribution in [0.5, 0.6) is 0 Å². The van der Waals surface area contributed by atoms with E-state index in [4.69, 9.17) is 4.84 Å². The van der Waals surface area contributed by atoms with Crippen LogP contribution in [0.4, 0.5) is 8.78 Å². The normalized spacial score (nSPS) is 17.5. The molecular weight excluding hydrogens is 236 g/mol. The predicted molar refractivity (Wildman–Crippen MR) is 65.9 cm³/mol. The molecule has 0 bridgehead atoms. The summed E-state index contributed by atoms with van der Waals surface area (Å²) >= 11 is 0. The molecule has 4 heteroatoms. The number of rotatable bonds is 4. The molecule has 1 fully saturated rings. The van der Waals surface area contributed by atoms with Gasteiger partial charge < -0.3 is 4.84 Å². The highest BCUT2D eigenvalue weighted by atomic mass is 19.3. The van der Waals surface area contributed by atoms with E-state index in [0.29, 0.717) is 5.56 Å². The summed E-state index contributed by atoms with van der Waals surface area (Å²) in [5.74, 6) is 0. The second-order valence-electron chi connectivity index (χ2n) is 4.46. The highest BCUT2D eigenvalue weighted by molar-refractivity contribution is 5.81. The van der Waals surface area contributed by atoms with Gasteiger partial charge in [0.2, 0.25) is 0 Å². The summed E-state index contributed by atoms with van der Waals surface area (Å²) in [7, 11) is 0. The third kappa shape index (κ3) is 3.52. The maximum absolute atomic E-state index is 12.7. The third-order valence-electron chi connectivity index (χ3n) is 3.12. The molecule has 0 atom stereocenters. The van der Waals surface area contributed by atoms with Gasteiger partial charge in [0.1, 0.15) is 12.3 Å². The Morgan fingerprint density at radius 3 is 2.61 bits per heavy atom. The van der Waals surface area contributed by atoms with Gasteiger partial charge in [-0.15, -0.1) is 0 Å². The van der Waals surface area contributed by atoms with Crippen molar-refractivity contribution in [1.82, 2.24) is 0 Å². The summed E-state index contributed by atoms with van der Waals surface area (Å²) < 4.78 is 25.4. The van der Waals surface area contributed by atoms with Gasteiger partial charge in [-0.2, -0.15) is 0 Å². The van der Waals surface area contributed by atoms with Gasteiger partial charge in [0, 0.05) is 11.1 Å².